The van der Waals surface area contributed by atoms with Crippen molar-refractivity contribution in [1.29, 1.82) is 0 Å². The molecule has 0 aromatic heterocycles. The lowest BCUT2D eigenvalue weighted by Crippen LogP contribution is -2.00. The zero-order chi connectivity index (χ0) is 13.7. The molecule has 2 rings (SSSR count). The summed E-state index contributed by atoms with van der Waals surface area (Å²) in [6.45, 7) is 5.26. The SMILES string of the molecule is CCOc1cccc(CNc2ccc(O)c(C)c2)c1. The molecular weight excluding hydrogens is 238 g/mol. The second-order valence-corrected chi connectivity index (χ2v) is 4.44. The average Bonchev–Trinajstić information content (AvgIpc) is 2.41. The molecule has 0 fully saturated rings. The van der Waals surface area contributed by atoms with Gasteiger partial charge in [0, 0.05) is 12.2 Å². The summed E-state index contributed by atoms with van der Waals surface area (Å²) in [7, 11) is 0. The Hall–Kier alpha value is -2.16. The highest BCUT2D eigenvalue weighted by molar-refractivity contribution is 5.50. The zero-order valence-electron chi connectivity index (χ0n) is 11.3. The van der Waals surface area contributed by atoms with Gasteiger partial charge in [0.15, 0.2) is 0 Å². The lowest BCUT2D eigenvalue weighted by Gasteiger charge is -2.09. The molecule has 0 saturated carbocycles. The molecule has 0 amide bonds. The number of aryl methyl sites for hydroxylation is 1. The van der Waals surface area contributed by atoms with E-state index in [1.54, 1.807) is 6.07 Å². The van der Waals surface area contributed by atoms with Crippen molar-refractivity contribution in [3.8, 4) is 11.5 Å². The lowest BCUT2D eigenvalue weighted by atomic mass is 10.2. The molecule has 0 heterocycles. The van der Waals surface area contributed by atoms with E-state index in [2.05, 4.69) is 11.4 Å². The molecule has 2 aromatic carbocycles. The molecule has 0 radical (unpaired) electrons. The quantitative estimate of drug-likeness (QED) is 0.802. The van der Waals surface area contributed by atoms with Crippen LogP contribution in [-0.4, -0.2) is 11.7 Å². The van der Waals surface area contributed by atoms with Gasteiger partial charge in [-0.1, -0.05) is 12.1 Å². The topological polar surface area (TPSA) is 41.5 Å². The maximum Gasteiger partial charge on any atom is 0.119 e. The number of nitrogens with one attached hydrogen (secondary N) is 1. The Labute approximate surface area is 113 Å². The summed E-state index contributed by atoms with van der Waals surface area (Å²) in [6.07, 6.45) is 0. The number of hydrogen-bond acceptors (Lipinski definition) is 3. The van der Waals surface area contributed by atoms with Crippen LogP contribution in [0.25, 0.3) is 0 Å². The molecule has 3 nitrogen and oxygen atoms in total. The minimum absolute atomic E-state index is 0.323. The van der Waals surface area contributed by atoms with Gasteiger partial charge in [0.05, 0.1) is 6.61 Å². The van der Waals surface area contributed by atoms with Crippen molar-refractivity contribution in [1.82, 2.24) is 0 Å². The monoisotopic (exact) mass is 257 g/mol. The van der Waals surface area contributed by atoms with Crippen LogP contribution in [0.5, 0.6) is 11.5 Å². The fourth-order valence-corrected chi connectivity index (χ4v) is 1.88. The first-order valence-electron chi connectivity index (χ1n) is 6.44. The van der Waals surface area contributed by atoms with E-state index in [9.17, 15) is 5.11 Å². The van der Waals surface area contributed by atoms with E-state index in [1.807, 2.05) is 44.2 Å². The second-order valence-electron chi connectivity index (χ2n) is 4.44. The highest BCUT2D eigenvalue weighted by atomic mass is 16.5. The predicted octanol–water partition coefficient (Wildman–Crippen LogP) is 3.71. The Bertz CT molecular complexity index is 552. The van der Waals surface area contributed by atoms with Gasteiger partial charge in [0.1, 0.15) is 11.5 Å². The summed E-state index contributed by atoms with van der Waals surface area (Å²) < 4.78 is 5.47. The smallest absolute Gasteiger partial charge is 0.119 e. The molecule has 0 aliphatic carbocycles. The van der Waals surface area contributed by atoms with Gasteiger partial charge in [-0.15, -0.1) is 0 Å². The van der Waals surface area contributed by atoms with Crippen molar-refractivity contribution in [2.24, 2.45) is 0 Å². The molecule has 0 aliphatic rings. The maximum absolute atomic E-state index is 9.48. The van der Waals surface area contributed by atoms with Crippen molar-refractivity contribution < 1.29 is 9.84 Å². The number of ether oxygens (including phenoxy) is 1. The molecule has 0 atom stereocenters. The Morgan fingerprint density at radius 3 is 2.74 bits per heavy atom. The molecule has 0 unspecified atom stereocenters. The minimum Gasteiger partial charge on any atom is -0.508 e. The molecule has 100 valence electrons. The van der Waals surface area contributed by atoms with Crippen molar-refractivity contribution in [3.05, 3.63) is 53.6 Å². The minimum atomic E-state index is 0.323. The third-order valence-corrected chi connectivity index (χ3v) is 2.90. The largest absolute Gasteiger partial charge is 0.508 e. The highest BCUT2D eigenvalue weighted by Crippen LogP contribution is 2.21. The van der Waals surface area contributed by atoms with E-state index in [-0.39, 0.29) is 0 Å². The van der Waals surface area contributed by atoms with E-state index in [1.165, 1.54) is 0 Å². The summed E-state index contributed by atoms with van der Waals surface area (Å²) >= 11 is 0. The summed E-state index contributed by atoms with van der Waals surface area (Å²) in [5, 5.41) is 12.8. The standard InChI is InChI=1S/C16H19NO2/c1-3-19-15-6-4-5-13(10-15)11-17-14-7-8-16(18)12(2)9-14/h4-10,17-18H,3,11H2,1-2H3. The molecule has 2 N–H and O–H groups in total. The van der Waals surface area contributed by atoms with E-state index in [4.69, 9.17) is 4.74 Å². The van der Waals surface area contributed by atoms with E-state index < -0.39 is 0 Å². The Morgan fingerprint density at radius 2 is 2.00 bits per heavy atom. The predicted molar refractivity (Wildman–Crippen MR) is 77.8 cm³/mol. The van der Waals surface area contributed by atoms with Crippen LogP contribution in [0.1, 0.15) is 18.1 Å². The third kappa shape index (κ3) is 3.65. The van der Waals surface area contributed by atoms with Crippen LogP contribution in [-0.2, 0) is 6.54 Å². The van der Waals surface area contributed by atoms with Crippen molar-refractivity contribution in [2.75, 3.05) is 11.9 Å². The molecule has 2 aromatic rings. The molecule has 0 aliphatic heterocycles. The lowest BCUT2D eigenvalue weighted by molar-refractivity contribution is 0.340. The summed E-state index contributed by atoms with van der Waals surface area (Å²) in [4.78, 5) is 0. The van der Waals surface area contributed by atoms with Gasteiger partial charge in [-0.25, -0.2) is 0 Å². The van der Waals surface area contributed by atoms with Crippen LogP contribution in [0.3, 0.4) is 0 Å². The number of phenols is 1. The Morgan fingerprint density at radius 1 is 1.16 bits per heavy atom. The van der Waals surface area contributed by atoms with E-state index >= 15 is 0 Å². The van der Waals surface area contributed by atoms with Gasteiger partial charge in [-0.2, -0.15) is 0 Å². The number of phenolic OH excluding ortho intramolecular Hbond substituents is 1. The molecule has 0 saturated heterocycles. The highest BCUT2D eigenvalue weighted by Gasteiger charge is 1.99. The molecular formula is C16H19NO2. The van der Waals surface area contributed by atoms with Crippen LogP contribution in [0.15, 0.2) is 42.5 Å². The van der Waals surface area contributed by atoms with Crippen LogP contribution >= 0.6 is 0 Å². The number of benzene rings is 2. The van der Waals surface area contributed by atoms with Gasteiger partial charge in [0.25, 0.3) is 0 Å². The Balaban J connectivity index is 2.01. The van der Waals surface area contributed by atoms with Gasteiger partial charge in [-0.05, 0) is 55.3 Å². The van der Waals surface area contributed by atoms with Crippen LogP contribution in [0, 0.1) is 6.92 Å². The summed E-state index contributed by atoms with van der Waals surface area (Å²) in [5.74, 6) is 1.22. The maximum atomic E-state index is 9.48. The van der Waals surface area contributed by atoms with E-state index in [0.717, 1.165) is 29.1 Å². The van der Waals surface area contributed by atoms with Crippen molar-refractivity contribution >= 4 is 5.69 Å². The summed E-state index contributed by atoms with van der Waals surface area (Å²) in [6, 6.07) is 13.5. The van der Waals surface area contributed by atoms with Crippen molar-refractivity contribution in [3.63, 3.8) is 0 Å². The zero-order valence-corrected chi connectivity index (χ0v) is 11.3. The van der Waals surface area contributed by atoms with Crippen LogP contribution < -0.4 is 10.1 Å². The second kappa shape index (κ2) is 6.14. The number of anilines is 1. The van der Waals surface area contributed by atoms with Gasteiger partial charge in [-0.3, -0.25) is 0 Å². The third-order valence-electron chi connectivity index (χ3n) is 2.90. The van der Waals surface area contributed by atoms with E-state index in [0.29, 0.717) is 12.4 Å². The number of aromatic hydroxyl groups is 1. The molecule has 0 spiro atoms. The number of rotatable bonds is 5. The number of hydrogen-bond donors (Lipinski definition) is 2. The van der Waals surface area contributed by atoms with Crippen molar-refractivity contribution in [2.45, 2.75) is 20.4 Å². The fourth-order valence-electron chi connectivity index (χ4n) is 1.88. The fraction of sp³-hybridized carbons (Fsp3) is 0.250. The molecule has 19 heavy (non-hydrogen) atoms. The Kier molecular flexibility index (Phi) is 4.29. The molecule has 0 bridgehead atoms. The molecule has 3 heteroatoms. The first-order valence-corrected chi connectivity index (χ1v) is 6.44. The first-order chi connectivity index (χ1) is 9.19. The van der Waals surface area contributed by atoms with Gasteiger partial charge < -0.3 is 15.2 Å². The van der Waals surface area contributed by atoms with Crippen LogP contribution in [0.4, 0.5) is 5.69 Å². The average molecular weight is 257 g/mol. The van der Waals surface area contributed by atoms with Gasteiger partial charge in [0.2, 0.25) is 0 Å². The van der Waals surface area contributed by atoms with Gasteiger partial charge >= 0.3 is 0 Å². The normalized spacial score (nSPS) is 10.2. The summed E-state index contributed by atoms with van der Waals surface area (Å²) in [5.41, 5.74) is 3.03. The first kappa shape index (κ1) is 13.3. The van der Waals surface area contributed by atoms with Crippen LogP contribution in [0.2, 0.25) is 0 Å².